The van der Waals surface area contributed by atoms with Crippen LogP contribution in [-0.4, -0.2) is 4.98 Å². The molecule has 3 nitrogen and oxygen atoms in total. The second kappa shape index (κ2) is 5.37. The molecule has 0 spiro atoms. The Labute approximate surface area is 128 Å². The van der Waals surface area contributed by atoms with Gasteiger partial charge in [-0.15, -0.1) is 5.11 Å². The van der Waals surface area contributed by atoms with E-state index in [0.717, 1.165) is 33.2 Å². The number of aromatic nitrogens is 1. The Hall–Kier alpha value is -3.07. The normalized spacial score (nSPS) is 11.5. The number of benzene rings is 3. The maximum atomic E-state index is 4.69. The minimum Gasteiger partial charge on any atom is -0.248 e. The molecule has 0 N–H and O–H groups in total. The zero-order chi connectivity index (χ0) is 14.8. The van der Waals surface area contributed by atoms with Crippen molar-refractivity contribution in [3.63, 3.8) is 0 Å². The number of fused-ring (bicyclic) bond motifs is 2. The number of pyridine rings is 1. The molecule has 22 heavy (non-hydrogen) atoms. The fraction of sp³-hybridized carbons (Fsp3) is 0. The van der Waals surface area contributed by atoms with Crippen molar-refractivity contribution in [1.29, 1.82) is 0 Å². The molecule has 3 aromatic carbocycles. The highest BCUT2D eigenvalue weighted by Crippen LogP contribution is 2.29. The number of hydrogen-bond donors (Lipinski definition) is 0. The molecule has 0 saturated heterocycles. The lowest BCUT2D eigenvalue weighted by molar-refractivity contribution is 1.24. The molecule has 0 amide bonds. The van der Waals surface area contributed by atoms with Gasteiger partial charge in [0, 0.05) is 10.8 Å². The van der Waals surface area contributed by atoms with Crippen molar-refractivity contribution in [1.82, 2.24) is 4.98 Å². The van der Waals surface area contributed by atoms with Gasteiger partial charge in [0.25, 0.3) is 0 Å². The van der Waals surface area contributed by atoms with Gasteiger partial charge in [-0.05, 0) is 36.4 Å². The first-order valence-electron chi connectivity index (χ1n) is 7.15. The highest BCUT2D eigenvalue weighted by molar-refractivity contribution is 5.98. The lowest BCUT2D eigenvalue weighted by Gasteiger charge is -2.03. The van der Waals surface area contributed by atoms with Crippen molar-refractivity contribution >= 4 is 33.2 Å². The predicted molar refractivity (Wildman–Crippen MR) is 89.9 cm³/mol. The fourth-order valence-electron chi connectivity index (χ4n) is 2.48. The molecule has 0 unspecified atom stereocenters. The van der Waals surface area contributed by atoms with Gasteiger partial charge in [0.05, 0.1) is 22.4 Å². The molecule has 0 bridgehead atoms. The second-order valence-corrected chi connectivity index (χ2v) is 5.06. The van der Waals surface area contributed by atoms with Crippen molar-refractivity contribution in [2.45, 2.75) is 0 Å². The Morgan fingerprint density at radius 1 is 0.636 bits per heavy atom. The van der Waals surface area contributed by atoms with Gasteiger partial charge in [-0.1, -0.05) is 42.5 Å². The topological polar surface area (TPSA) is 37.6 Å². The van der Waals surface area contributed by atoms with E-state index >= 15 is 0 Å². The number of nitrogens with zero attached hydrogens (tertiary/aromatic N) is 3. The summed E-state index contributed by atoms with van der Waals surface area (Å²) in [7, 11) is 0. The number of azo groups is 1. The average molecular weight is 283 g/mol. The maximum absolute atomic E-state index is 4.69. The Kier molecular flexibility index (Phi) is 3.09. The van der Waals surface area contributed by atoms with Crippen molar-refractivity contribution in [3.8, 4) is 0 Å². The lowest BCUT2D eigenvalue weighted by Crippen LogP contribution is -1.82. The van der Waals surface area contributed by atoms with E-state index in [-0.39, 0.29) is 0 Å². The maximum Gasteiger partial charge on any atom is 0.0951 e. The summed E-state index contributed by atoms with van der Waals surface area (Å²) in [5, 5.41) is 10.8. The molecular weight excluding hydrogens is 270 g/mol. The van der Waals surface area contributed by atoms with E-state index in [4.69, 9.17) is 4.98 Å². The third-order valence-electron chi connectivity index (χ3n) is 3.57. The van der Waals surface area contributed by atoms with Crippen LogP contribution in [0.4, 0.5) is 11.4 Å². The third-order valence-corrected chi connectivity index (χ3v) is 3.57. The molecule has 3 heteroatoms. The first-order valence-corrected chi connectivity index (χ1v) is 7.15. The predicted octanol–water partition coefficient (Wildman–Crippen LogP) is 5.80. The Morgan fingerprint density at radius 2 is 1.41 bits per heavy atom. The fourth-order valence-corrected chi connectivity index (χ4v) is 2.48. The molecule has 0 saturated carbocycles. The molecule has 0 atom stereocenters. The summed E-state index contributed by atoms with van der Waals surface area (Å²) >= 11 is 0. The largest absolute Gasteiger partial charge is 0.248 e. The highest BCUT2D eigenvalue weighted by atomic mass is 15.1. The number of hydrogen-bond acceptors (Lipinski definition) is 3. The second-order valence-electron chi connectivity index (χ2n) is 5.06. The smallest absolute Gasteiger partial charge is 0.0951 e. The van der Waals surface area contributed by atoms with Crippen LogP contribution in [0.3, 0.4) is 0 Å². The van der Waals surface area contributed by atoms with E-state index in [1.807, 2.05) is 66.7 Å². The molecule has 1 heterocycles. The first-order chi connectivity index (χ1) is 10.9. The van der Waals surface area contributed by atoms with Crippen molar-refractivity contribution < 1.29 is 0 Å². The highest BCUT2D eigenvalue weighted by Gasteiger charge is 2.03. The monoisotopic (exact) mass is 283 g/mol. The summed E-state index contributed by atoms with van der Waals surface area (Å²) in [4.78, 5) is 4.69. The van der Waals surface area contributed by atoms with Crippen LogP contribution in [0.15, 0.2) is 89.1 Å². The summed E-state index contributed by atoms with van der Waals surface area (Å²) in [6, 6.07) is 25.9. The average Bonchev–Trinajstić information content (AvgIpc) is 2.59. The Morgan fingerprint density at radius 3 is 2.32 bits per heavy atom. The van der Waals surface area contributed by atoms with Crippen LogP contribution in [0, 0.1) is 0 Å². The van der Waals surface area contributed by atoms with Gasteiger partial charge in [-0.2, -0.15) is 5.11 Å². The van der Waals surface area contributed by atoms with E-state index in [9.17, 15) is 0 Å². The van der Waals surface area contributed by atoms with Gasteiger partial charge in [0.1, 0.15) is 0 Å². The standard InChI is InChI=1S/C19H13N3/c1-2-8-15(9-3-1)21-22-19-12-6-11-18-16(19)13-14-7-4-5-10-17(14)20-18/h1-13H. The molecule has 4 rings (SSSR count). The molecule has 1 aromatic heterocycles. The van der Waals surface area contributed by atoms with Gasteiger partial charge in [-0.3, -0.25) is 0 Å². The molecule has 0 aliphatic heterocycles. The minimum atomic E-state index is 0.833. The molecule has 0 radical (unpaired) electrons. The van der Waals surface area contributed by atoms with Crippen LogP contribution >= 0.6 is 0 Å². The van der Waals surface area contributed by atoms with Crippen molar-refractivity contribution in [2.24, 2.45) is 10.2 Å². The summed E-state index contributed by atoms with van der Waals surface area (Å²) in [5.74, 6) is 0. The molecule has 0 fully saturated rings. The SMILES string of the molecule is c1ccc(N=Nc2cccc3nc4ccccc4cc23)cc1. The van der Waals surface area contributed by atoms with Crippen LogP contribution < -0.4 is 0 Å². The molecule has 0 aliphatic carbocycles. The molecule has 0 aliphatic rings. The van der Waals surface area contributed by atoms with Crippen molar-refractivity contribution in [3.05, 3.63) is 78.9 Å². The lowest BCUT2D eigenvalue weighted by atomic mass is 10.1. The summed E-state index contributed by atoms with van der Waals surface area (Å²) < 4.78 is 0. The van der Waals surface area contributed by atoms with Gasteiger partial charge < -0.3 is 0 Å². The van der Waals surface area contributed by atoms with E-state index in [1.165, 1.54) is 0 Å². The van der Waals surface area contributed by atoms with E-state index < -0.39 is 0 Å². The number of rotatable bonds is 2. The summed E-state index contributed by atoms with van der Waals surface area (Å²) in [6.07, 6.45) is 0. The third kappa shape index (κ3) is 2.33. The van der Waals surface area contributed by atoms with Crippen LogP contribution in [0.25, 0.3) is 21.8 Å². The number of para-hydroxylation sites is 1. The zero-order valence-electron chi connectivity index (χ0n) is 11.8. The van der Waals surface area contributed by atoms with Gasteiger partial charge in [0.15, 0.2) is 0 Å². The molecule has 104 valence electrons. The Bertz CT molecular complexity index is 975. The minimum absolute atomic E-state index is 0.833. The van der Waals surface area contributed by atoms with Crippen LogP contribution in [0.1, 0.15) is 0 Å². The van der Waals surface area contributed by atoms with E-state index in [2.05, 4.69) is 22.4 Å². The summed E-state index contributed by atoms with van der Waals surface area (Å²) in [6.45, 7) is 0. The summed E-state index contributed by atoms with van der Waals surface area (Å²) in [5.41, 5.74) is 3.60. The molecular formula is C19H13N3. The Balaban J connectivity index is 1.87. The van der Waals surface area contributed by atoms with Gasteiger partial charge >= 0.3 is 0 Å². The van der Waals surface area contributed by atoms with Crippen molar-refractivity contribution in [2.75, 3.05) is 0 Å². The first kappa shape index (κ1) is 12.7. The van der Waals surface area contributed by atoms with Gasteiger partial charge in [0.2, 0.25) is 0 Å². The van der Waals surface area contributed by atoms with Crippen LogP contribution in [0.5, 0.6) is 0 Å². The van der Waals surface area contributed by atoms with Crippen LogP contribution in [-0.2, 0) is 0 Å². The van der Waals surface area contributed by atoms with E-state index in [1.54, 1.807) is 0 Å². The molecule has 4 aromatic rings. The van der Waals surface area contributed by atoms with E-state index in [0.29, 0.717) is 0 Å². The van der Waals surface area contributed by atoms with Gasteiger partial charge in [-0.25, -0.2) is 4.98 Å². The quantitative estimate of drug-likeness (QED) is 0.338. The zero-order valence-corrected chi connectivity index (χ0v) is 11.8. The van der Waals surface area contributed by atoms with Crippen LogP contribution in [0.2, 0.25) is 0 Å².